The molecule has 0 spiro atoms. The predicted molar refractivity (Wildman–Crippen MR) is 117 cm³/mol. The molecule has 0 bridgehead atoms. The largest absolute Gasteiger partial charge is 0.497 e. The van der Waals surface area contributed by atoms with Gasteiger partial charge >= 0.3 is 0 Å². The fourth-order valence-electron chi connectivity index (χ4n) is 3.07. The first-order valence-electron chi connectivity index (χ1n) is 9.58. The molecular formula is C23H23FN2O4S. The van der Waals surface area contributed by atoms with Crippen molar-refractivity contribution in [2.75, 3.05) is 18.0 Å². The molecule has 0 heterocycles. The molecule has 6 nitrogen and oxygen atoms in total. The van der Waals surface area contributed by atoms with E-state index in [0.29, 0.717) is 5.75 Å². The van der Waals surface area contributed by atoms with Crippen LogP contribution in [0.1, 0.15) is 18.5 Å². The van der Waals surface area contributed by atoms with Crippen LogP contribution in [0.15, 0.2) is 83.8 Å². The van der Waals surface area contributed by atoms with E-state index in [1.165, 1.54) is 30.3 Å². The lowest BCUT2D eigenvalue weighted by molar-refractivity contribution is -0.120. The van der Waals surface area contributed by atoms with Crippen LogP contribution in [0, 0.1) is 5.82 Å². The lowest BCUT2D eigenvalue weighted by atomic mass is 10.1. The van der Waals surface area contributed by atoms with E-state index in [0.717, 1.165) is 15.9 Å². The Morgan fingerprint density at radius 2 is 1.61 bits per heavy atom. The van der Waals surface area contributed by atoms with Crippen LogP contribution in [0.2, 0.25) is 0 Å². The summed E-state index contributed by atoms with van der Waals surface area (Å²) in [5.41, 5.74) is 0.621. The van der Waals surface area contributed by atoms with Crippen molar-refractivity contribution >= 4 is 21.6 Å². The summed E-state index contributed by atoms with van der Waals surface area (Å²) in [5.74, 6) is -0.619. The molecule has 31 heavy (non-hydrogen) atoms. The first-order chi connectivity index (χ1) is 14.8. The molecule has 3 rings (SSSR count). The van der Waals surface area contributed by atoms with Crippen LogP contribution in [-0.2, 0) is 14.8 Å². The zero-order chi connectivity index (χ0) is 22.4. The Balaban J connectivity index is 1.86. The number of methoxy groups -OCH3 is 1. The average molecular weight is 443 g/mol. The lowest BCUT2D eigenvalue weighted by Gasteiger charge is -2.25. The van der Waals surface area contributed by atoms with E-state index in [2.05, 4.69) is 5.32 Å². The van der Waals surface area contributed by atoms with E-state index in [9.17, 15) is 17.6 Å². The normalized spacial score (nSPS) is 12.1. The van der Waals surface area contributed by atoms with Crippen LogP contribution >= 0.6 is 0 Å². The molecule has 0 radical (unpaired) electrons. The van der Waals surface area contributed by atoms with E-state index in [-0.39, 0.29) is 16.6 Å². The van der Waals surface area contributed by atoms with Gasteiger partial charge in [-0.15, -0.1) is 0 Å². The van der Waals surface area contributed by atoms with E-state index in [4.69, 9.17) is 4.74 Å². The SMILES string of the molecule is COc1ccc([C@@H](C)NC(=O)CN(c2ccccc2F)S(=O)(=O)c2ccccc2)cc1. The van der Waals surface area contributed by atoms with Crippen LogP contribution in [-0.4, -0.2) is 28.0 Å². The van der Waals surface area contributed by atoms with Crippen LogP contribution < -0.4 is 14.4 Å². The molecule has 3 aromatic carbocycles. The minimum Gasteiger partial charge on any atom is -0.497 e. The molecule has 1 N–H and O–H groups in total. The molecule has 0 saturated heterocycles. The number of sulfonamides is 1. The molecule has 1 amide bonds. The number of halogens is 1. The molecule has 8 heteroatoms. The summed E-state index contributed by atoms with van der Waals surface area (Å²) < 4.78 is 46.8. The molecule has 0 aliphatic carbocycles. The molecule has 0 saturated carbocycles. The van der Waals surface area contributed by atoms with Crippen molar-refractivity contribution in [3.63, 3.8) is 0 Å². The lowest BCUT2D eigenvalue weighted by Crippen LogP contribution is -2.42. The van der Waals surface area contributed by atoms with Crippen LogP contribution in [0.5, 0.6) is 5.75 Å². The summed E-state index contributed by atoms with van der Waals surface area (Å²) >= 11 is 0. The number of nitrogens with zero attached hydrogens (tertiary/aromatic N) is 1. The van der Waals surface area contributed by atoms with Crippen molar-refractivity contribution in [3.8, 4) is 5.75 Å². The molecule has 3 aromatic rings. The summed E-state index contributed by atoms with van der Waals surface area (Å²) in [4.78, 5) is 12.7. The third-order valence-corrected chi connectivity index (χ3v) is 6.51. The Bertz CT molecular complexity index is 1140. The smallest absolute Gasteiger partial charge is 0.264 e. The first kappa shape index (κ1) is 22.3. The van der Waals surface area contributed by atoms with E-state index >= 15 is 0 Å². The van der Waals surface area contributed by atoms with Crippen molar-refractivity contribution in [3.05, 3.63) is 90.2 Å². The number of carbonyl (C=O) groups is 1. The van der Waals surface area contributed by atoms with Crippen molar-refractivity contribution < 1.29 is 22.3 Å². The highest BCUT2D eigenvalue weighted by molar-refractivity contribution is 7.92. The summed E-state index contributed by atoms with van der Waals surface area (Å²) in [7, 11) is -2.60. The van der Waals surface area contributed by atoms with Crippen molar-refractivity contribution in [1.82, 2.24) is 5.32 Å². The fourth-order valence-corrected chi connectivity index (χ4v) is 4.52. The minimum absolute atomic E-state index is 0.0331. The first-order valence-corrected chi connectivity index (χ1v) is 11.0. The van der Waals surface area contributed by atoms with Gasteiger partial charge < -0.3 is 10.1 Å². The van der Waals surface area contributed by atoms with Gasteiger partial charge in [0.2, 0.25) is 5.91 Å². The van der Waals surface area contributed by atoms with Crippen molar-refractivity contribution in [2.24, 2.45) is 0 Å². The highest BCUT2D eigenvalue weighted by Gasteiger charge is 2.29. The second kappa shape index (κ2) is 9.61. The Hall–Kier alpha value is -3.39. The van der Waals surface area contributed by atoms with E-state index < -0.39 is 28.3 Å². The van der Waals surface area contributed by atoms with Gasteiger partial charge in [-0.25, -0.2) is 12.8 Å². The second-order valence-electron chi connectivity index (χ2n) is 6.84. The number of amides is 1. The molecule has 0 aliphatic rings. The average Bonchev–Trinajstić information content (AvgIpc) is 2.78. The summed E-state index contributed by atoms with van der Waals surface area (Å²) in [6.07, 6.45) is 0. The van der Waals surface area contributed by atoms with Crippen molar-refractivity contribution in [2.45, 2.75) is 17.9 Å². The third kappa shape index (κ3) is 5.21. The predicted octanol–water partition coefficient (Wildman–Crippen LogP) is 3.91. The third-order valence-electron chi connectivity index (χ3n) is 4.73. The number of rotatable bonds is 8. The van der Waals surface area contributed by atoms with Gasteiger partial charge in [0.05, 0.1) is 23.7 Å². The number of nitrogens with one attached hydrogen (secondary N) is 1. The molecule has 1 atom stereocenters. The molecule has 0 unspecified atom stereocenters. The molecule has 0 fully saturated rings. The number of anilines is 1. The van der Waals surface area contributed by atoms with E-state index in [1.807, 2.05) is 0 Å². The zero-order valence-electron chi connectivity index (χ0n) is 17.2. The number of hydrogen-bond donors (Lipinski definition) is 1. The minimum atomic E-state index is -4.17. The number of hydrogen-bond acceptors (Lipinski definition) is 4. The number of carbonyl (C=O) groups excluding carboxylic acids is 1. The monoisotopic (exact) mass is 442 g/mol. The number of benzene rings is 3. The maximum Gasteiger partial charge on any atom is 0.264 e. The standard InChI is InChI=1S/C23H23FN2O4S/c1-17(18-12-14-19(30-2)15-13-18)25-23(27)16-26(22-11-7-6-10-21(22)24)31(28,29)20-8-4-3-5-9-20/h3-15,17H,16H2,1-2H3,(H,25,27)/t17-/m1/s1. The fraction of sp³-hybridized carbons (Fsp3) is 0.174. The molecule has 162 valence electrons. The van der Waals surface area contributed by atoms with Crippen LogP contribution in [0.25, 0.3) is 0 Å². The maximum atomic E-state index is 14.5. The summed E-state index contributed by atoms with van der Waals surface area (Å²) in [6, 6.07) is 19.8. The Labute approximate surface area is 181 Å². The quantitative estimate of drug-likeness (QED) is 0.574. The summed E-state index contributed by atoms with van der Waals surface area (Å²) in [6.45, 7) is 1.21. The van der Waals surface area contributed by atoms with Gasteiger partial charge in [0, 0.05) is 0 Å². The number of ether oxygens (including phenoxy) is 1. The van der Waals surface area contributed by atoms with Gasteiger partial charge in [-0.2, -0.15) is 0 Å². The maximum absolute atomic E-state index is 14.5. The molecule has 0 aliphatic heterocycles. The van der Waals surface area contributed by atoms with Gasteiger partial charge in [0.15, 0.2) is 0 Å². The van der Waals surface area contributed by atoms with Gasteiger partial charge in [0.25, 0.3) is 10.0 Å². The van der Waals surface area contributed by atoms with Gasteiger partial charge in [-0.1, -0.05) is 42.5 Å². The Kier molecular flexibility index (Phi) is 6.91. The summed E-state index contributed by atoms with van der Waals surface area (Å²) in [5, 5.41) is 2.77. The van der Waals surface area contributed by atoms with Crippen LogP contribution in [0.3, 0.4) is 0 Å². The molecule has 0 aromatic heterocycles. The van der Waals surface area contributed by atoms with Crippen molar-refractivity contribution in [1.29, 1.82) is 0 Å². The van der Waals surface area contributed by atoms with E-state index in [1.54, 1.807) is 56.5 Å². The van der Waals surface area contributed by atoms with Gasteiger partial charge in [0.1, 0.15) is 18.1 Å². The highest BCUT2D eigenvalue weighted by Crippen LogP contribution is 2.26. The Morgan fingerprint density at radius 3 is 2.23 bits per heavy atom. The second-order valence-corrected chi connectivity index (χ2v) is 8.70. The topological polar surface area (TPSA) is 75.7 Å². The molecular weight excluding hydrogens is 419 g/mol. The Morgan fingerprint density at radius 1 is 1.00 bits per heavy atom. The van der Waals surface area contributed by atoms with Crippen LogP contribution in [0.4, 0.5) is 10.1 Å². The highest BCUT2D eigenvalue weighted by atomic mass is 32.2. The van der Waals surface area contributed by atoms with Gasteiger partial charge in [-0.3, -0.25) is 9.10 Å². The number of para-hydroxylation sites is 1. The van der Waals surface area contributed by atoms with Gasteiger partial charge in [-0.05, 0) is 48.9 Å². The zero-order valence-corrected chi connectivity index (χ0v) is 18.0.